The zero-order valence-electron chi connectivity index (χ0n) is 8.78. The van der Waals surface area contributed by atoms with Crippen LogP contribution in [0.5, 0.6) is 0 Å². The Morgan fingerprint density at radius 2 is 1.67 bits per heavy atom. The van der Waals surface area contributed by atoms with Crippen molar-refractivity contribution in [2.24, 2.45) is 5.92 Å². The van der Waals surface area contributed by atoms with E-state index in [4.69, 9.17) is 11.6 Å². The maximum Gasteiger partial charge on any atom is 0.214 e. The summed E-state index contributed by atoms with van der Waals surface area (Å²) < 4.78 is 25.9. The molecule has 2 aliphatic carbocycles. The van der Waals surface area contributed by atoms with Gasteiger partial charge in [0, 0.05) is 11.9 Å². The second-order valence-corrected chi connectivity index (χ2v) is 7.37. The summed E-state index contributed by atoms with van der Waals surface area (Å²) in [6.07, 6.45) is 5.84. The van der Waals surface area contributed by atoms with Gasteiger partial charge in [0.25, 0.3) is 0 Å². The number of halogens is 1. The Morgan fingerprint density at radius 1 is 1.07 bits per heavy atom. The molecule has 0 atom stereocenters. The van der Waals surface area contributed by atoms with Crippen LogP contribution in [-0.4, -0.2) is 25.6 Å². The molecule has 0 unspecified atom stereocenters. The molecule has 1 N–H and O–H groups in total. The minimum absolute atomic E-state index is 0.0955. The van der Waals surface area contributed by atoms with E-state index in [1.165, 1.54) is 0 Å². The van der Waals surface area contributed by atoms with Crippen molar-refractivity contribution in [1.29, 1.82) is 0 Å². The number of hydrogen-bond acceptors (Lipinski definition) is 2. The molecule has 0 radical (unpaired) electrons. The van der Waals surface area contributed by atoms with E-state index in [1.807, 2.05) is 0 Å². The predicted octanol–water partition coefficient (Wildman–Crippen LogP) is 1.87. The van der Waals surface area contributed by atoms with E-state index < -0.39 is 10.0 Å². The van der Waals surface area contributed by atoms with Gasteiger partial charge in [-0.05, 0) is 44.4 Å². The number of alkyl halides is 1. The average molecular weight is 252 g/mol. The molecule has 0 aromatic rings. The van der Waals surface area contributed by atoms with Crippen LogP contribution in [0.2, 0.25) is 0 Å². The Kier molecular flexibility index (Phi) is 3.58. The van der Waals surface area contributed by atoms with Gasteiger partial charge in [-0.2, -0.15) is 0 Å². The molecule has 88 valence electrons. The highest BCUT2D eigenvalue weighted by atomic mass is 35.5. The number of sulfonamides is 1. The van der Waals surface area contributed by atoms with Gasteiger partial charge < -0.3 is 0 Å². The summed E-state index contributed by atoms with van der Waals surface area (Å²) in [6.45, 7) is 0.614. The van der Waals surface area contributed by atoms with Crippen LogP contribution >= 0.6 is 11.6 Å². The Labute approximate surface area is 96.6 Å². The van der Waals surface area contributed by atoms with Crippen molar-refractivity contribution in [3.63, 3.8) is 0 Å². The lowest BCUT2D eigenvalue weighted by molar-refractivity contribution is 0.361. The maximum absolute atomic E-state index is 11.6. The van der Waals surface area contributed by atoms with Gasteiger partial charge in [-0.1, -0.05) is 0 Å². The van der Waals surface area contributed by atoms with Crippen molar-refractivity contribution in [3.05, 3.63) is 0 Å². The van der Waals surface area contributed by atoms with E-state index >= 15 is 0 Å². The highest BCUT2D eigenvalue weighted by Crippen LogP contribution is 2.29. The largest absolute Gasteiger partial charge is 0.215 e. The van der Waals surface area contributed by atoms with E-state index in [9.17, 15) is 8.42 Å². The maximum atomic E-state index is 11.6. The Morgan fingerprint density at radius 3 is 2.20 bits per heavy atom. The van der Waals surface area contributed by atoms with E-state index in [2.05, 4.69) is 4.72 Å². The van der Waals surface area contributed by atoms with Crippen LogP contribution in [0.1, 0.15) is 38.5 Å². The number of rotatable bonds is 4. The van der Waals surface area contributed by atoms with Gasteiger partial charge in [0.15, 0.2) is 0 Å². The standard InChI is InChI=1S/C10H18ClNO2S/c11-9-3-1-8(2-4-9)7-12-15(13,14)10-5-6-10/h8-10,12H,1-7H2. The molecule has 2 aliphatic rings. The third kappa shape index (κ3) is 3.33. The van der Waals surface area contributed by atoms with Crippen LogP contribution in [-0.2, 0) is 10.0 Å². The van der Waals surface area contributed by atoms with Gasteiger partial charge in [-0.15, -0.1) is 11.6 Å². The molecule has 0 spiro atoms. The predicted molar refractivity (Wildman–Crippen MR) is 61.5 cm³/mol. The minimum Gasteiger partial charge on any atom is -0.215 e. The van der Waals surface area contributed by atoms with Gasteiger partial charge in [0.1, 0.15) is 0 Å². The van der Waals surface area contributed by atoms with Gasteiger partial charge >= 0.3 is 0 Å². The normalized spacial score (nSPS) is 32.9. The van der Waals surface area contributed by atoms with Gasteiger partial charge in [0.2, 0.25) is 10.0 Å². The first-order valence-electron chi connectivity index (χ1n) is 5.70. The smallest absolute Gasteiger partial charge is 0.214 e. The van der Waals surface area contributed by atoms with Crippen LogP contribution in [0.3, 0.4) is 0 Å². The fourth-order valence-corrected chi connectivity index (χ4v) is 3.77. The summed E-state index contributed by atoms with van der Waals surface area (Å²) in [4.78, 5) is 0. The molecule has 0 amide bonds. The quantitative estimate of drug-likeness (QED) is 0.776. The second-order valence-electron chi connectivity index (χ2n) is 4.71. The Balaban J connectivity index is 1.73. The summed E-state index contributed by atoms with van der Waals surface area (Å²) in [6, 6.07) is 0. The first-order chi connectivity index (χ1) is 7.08. The molecule has 0 heterocycles. The van der Waals surface area contributed by atoms with E-state index in [0.29, 0.717) is 17.8 Å². The molecule has 2 rings (SSSR count). The van der Waals surface area contributed by atoms with Gasteiger partial charge in [-0.25, -0.2) is 13.1 Å². The van der Waals surface area contributed by atoms with Crippen molar-refractivity contribution in [1.82, 2.24) is 4.72 Å². The molecular formula is C10H18ClNO2S. The molecule has 2 fully saturated rings. The summed E-state index contributed by atoms with van der Waals surface area (Å²) in [5.41, 5.74) is 0. The van der Waals surface area contributed by atoms with Crippen molar-refractivity contribution < 1.29 is 8.42 Å². The molecule has 15 heavy (non-hydrogen) atoms. The van der Waals surface area contributed by atoms with E-state index in [0.717, 1.165) is 38.5 Å². The third-order valence-corrected chi connectivity index (χ3v) is 5.67. The highest BCUT2D eigenvalue weighted by Gasteiger charge is 2.35. The Hall–Kier alpha value is 0.200. The molecule has 3 nitrogen and oxygen atoms in total. The zero-order valence-corrected chi connectivity index (χ0v) is 10.4. The first-order valence-corrected chi connectivity index (χ1v) is 7.69. The summed E-state index contributed by atoms with van der Waals surface area (Å²) >= 11 is 5.99. The number of hydrogen-bond donors (Lipinski definition) is 1. The molecule has 0 aromatic heterocycles. The monoisotopic (exact) mass is 251 g/mol. The fraction of sp³-hybridized carbons (Fsp3) is 1.00. The second kappa shape index (κ2) is 4.60. The molecule has 0 saturated heterocycles. The molecular weight excluding hydrogens is 234 g/mol. The van der Waals surface area contributed by atoms with Crippen LogP contribution in [0.25, 0.3) is 0 Å². The summed E-state index contributed by atoms with van der Waals surface area (Å²) in [7, 11) is -2.98. The van der Waals surface area contributed by atoms with Gasteiger partial charge in [0.05, 0.1) is 5.25 Å². The lowest BCUT2D eigenvalue weighted by Gasteiger charge is -2.24. The van der Waals surface area contributed by atoms with Crippen LogP contribution in [0.15, 0.2) is 0 Å². The Bertz CT molecular complexity index is 305. The van der Waals surface area contributed by atoms with Crippen LogP contribution in [0, 0.1) is 5.92 Å². The van der Waals surface area contributed by atoms with Crippen molar-refractivity contribution in [2.45, 2.75) is 49.2 Å². The molecule has 0 aromatic carbocycles. The van der Waals surface area contributed by atoms with Gasteiger partial charge in [-0.3, -0.25) is 0 Å². The van der Waals surface area contributed by atoms with Crippen molar-refractivity contribution in [2.75, 3.05) is 6.54 Å². The minimum atomic E-state index is -2.98. The van der Waals surface area contributed by atoms with Crippen LogP contribution in [0.4, 0.5) is 0 Å². The van der Waals surface area contributed by atoms with Crippen molar-refractivity contribution >= 4 is 21.6 Å². The van der Waals surface area contributed by atoms with Crippen LogP contribution < -0.4 is 4.72 Å². The first kappa shape index (κ1) is 11.7. The van der Waals surface area contributed by atoms with Crippen molar-refractivity contribution in [3.8, 4) is 0 Å². The third-order valence-electron chi connectivity index (χ3n) is 3.31. The molecule has 0 bridgehead atoms. The van der Waals surface area contributed by atoms with E-state index in [-0.39, 0.29) is 5.25 Å². The molecule has 2 saturated carbocycles. The fourth-order valence-electron chi connectivity index (χ4n) is 2.06. The summed E-state index contributed by atoms with van der Waals surface area (Å²) in [5.74, 6) is 0.494. The van der Waals surface area contributed by atoms with E-state index in [1.54, 1.807) is 0 Å². The molecule has 5 heteroatoms. The highest BCUT2D eigenvalue weighted by molar-refractivity contribution is 7.90. The lowest BCUT2D eigenvalue weighted by Crippen LogP contribution is -2.33. The zero-order chi connectivity index (χ0) is 10.9. The molecule has 0 aliphatic heterocycles. The average Bonchev–Trinajstić information content (AvgIpc) is 3.00. The lowest BCUT2D eigenvalue weighted by atomic mass is 9.89. The topological polar surface area (TPSA) is 46.2 Å². The summed E-state index contributed by atoms with van der Waals surface area (Å²) in [5, 5.41) is 0.211. The SMILES string of the molecule is O=S(=O)(NCC1CCC(Cl)CC1)C1CC1. The number of nitrogens with one attached hydrogen (secondary N) is 1.